The van der Waals surface area contributed by atoms with E-state index in [1.807, 2.05) is 0 Å². The van der Waals surface area contributed by atoms with Crippen molar-refractivity contribution in [3.8, 4) is 0 Å². The number of aliphatic hydroxyl groups is 1. The number of anilines is 1. The highest BCUT2D eigenvalue weighted by Crippen LogP contribution is 2.24. The highest BCUT2D eigenvalue weighted by Gasteiger charge is 2.16. The third-order valence-electron chi connectivity index (χ3n) is 1.50. The SMILES string of the molecule is Nc1nc(CO)c(C(F)F)cc1F. The number of hydrogen-bond acceptors (Lipinski definition) is 3. The summed E-state index contributed by atoms with van der Waals surface area (Å²) in [5.41, 5.74) is 4.10. The summed E-state index contributed by atoms with van der Waals surface area (Å²) in [6.07, 6.45) is -2.87. The lowest BCUT2D eigenvalue weighted by atomic mass is 10.2. The van der Waals surface area contributed by atoms with E-state index in [0.717, 1.165) is 0 Å². The van der Waals surface area contributed by atoms with Crippen LogP contribution in [0.1, 0.15) is 17.7 Å². The molecule has 3 N–H and O–H groups in total. The van der Waals surface area contributed by atoms with Crippen molar-refractivity contribution in [2.24, 2.45) is 0 Å². The molecule has 1 aromatic rings. The van der Waals surface area contributed by atoms with Gasteiger partial charge in [-0.2, -0.15) is 0 Å². The molecule has 6 heteroatoms. The highest BCUT2D eigenvalue weighted by atomic mass is 19.3. The molecule has 1 heterocycles. The Balaban J connectivity index is 3.25. The molecule has 0 unspecified atom stereocenters. The average molecular weight is 192 g/mol. The molecule has 0 aliphatic rings. The molecule has 0 saturated heterocycles. The number of halogens is 3. The van der Waals surface area contributed by atoms with Crippen LogP contribution in [-0.4, -0.2) is 10.1 Å². The van der Waals surface area contributed by atoms with E-state index in [1.165, 1.54) is 0 Å². The zero-order valence-corrected chi connectivity index (χ0v) is 6.47. The van der Waals surface area contributed by atoms with E-state index in [4.69, 9.17) is 10.8 Å². The van der Waals surface area contributed by atoms with Gasteiger partial charge in [0.05, 0.1) is 12.3 Å². The molecule has 1 aromatic heterocycles. The van der Waals surface area contributed by atoms with Crippen LogP contribution in [0.3, 0.4) is 0 Å². The molecule has 3 nitrogen and oxygen atoms in total. The van der Waals surface area contributed by atoms with E-state index >= 15 is 0 Å². The molecule has 0 spiro atoms. The summed E-state index contributed by atoms with van der Waals surface area (Å²) in [5.74, 6) is -1.50. The van der Waals surface area contributed by atoms with Gasteiger partial charge in [-0.25, -0.2) is 18.2 Å². The summed E-state index contributed by atoms with van der Waals surface area (Å²) in [6.45, 7) is -0.690. The van der Waals surface area contributed by atoms with Crippen molar-refractivity contribution >= 4 is 5.82 Å². The first-order valence-corrected chi connectivity index (χ1v) is 3.40. The first-order valence-electron chi connectivity index (χ1n) is 3.40. The second kappa shape index (κ2) is 3.61. The van der Waals surface area contributed by atoms with E-state index in [2.05, 4.69) is 4.98 Å². The third kappa shape index (κ3) is 1.89. The predicted octanol–water partition coefficient (Wildman–Crippen LogP) is 1.23. The topological polar surface area (TPSA) is 59.1 Å². The number of alkyl halides is 2. The lowest BCUT2D eigenvalue weighted by Gasteiger charge is -2.06. The van der Waals surface area contributed by atoms with Crippen molar-refractivity contribution in [3.63, 3.8) is 0 Å². The molecular weight excluding hydrogens is 185 g/mol. The van der Waals surface area contributed by atoms with Gasteiger partial charge in [0, 0.05) is 5.56 Å². The lowest BCUT2D eigenvalue weighted by molar-refractivity contribution is 0.145. The van der Waals surface area contributed by atoms with E-state index in [0.29, 0.717) is 6.07 Å². The second-order valence-electron chi connectivity index (χ2n) is 2.35. The molecule has 0 saturated carbocycles. The molecule has 13 heavy (non-hydrogen) atoms. The fraction of sp³-hybridized carbons (Fsp3) is 0.286. The van der Waals surface area contributed by atoms with Crippen LogP contribution in [0.2, 0.25) is 0 Å². The molecule has 0 amide bonds. The monoisotopic (exact) mass is 192 g/mol. The van der Waals surface area contributed by atoms with Gasteiger partial charge < -0.3 is 10.8 Å². The van der Waals surface area contributed by atoms with Crippen LogP contribution in [-0.2, 0) is 6.61 Å². The van der Waals surface area contributed by atoms with Gasteiger partial charge in [0.25, 0.3) is 6.43 Å². The van der Waals surface area contributed by atoms with Crippen LogP contribution >= 0.6 is 0 Å². The van der Waals surface area contributed by atoms with Gasteiger partial charge in [0.1, 0.15) is 0 Å². The minimum absolute atomic E-state index is 0.297. The molecular formula is C7H7F3N2O. The number of nitrogens with zero attached hydrogens (tertiary/aromatic N) is 1. The van der Waals surface area contributed by atoms with Gasteiger partial charge in [-0.15, -0.1) is 0 Å². The van der Waals surface area contributed by atoms with E-state index < -0.39 is 30.2 Å². The zero-order valence-electron chi connectivity index (χ0n) is 6.47. The molecule has 0 fully saturated rings. The maximum atomic E-state index is 12.7. The first-order chi connectivity index (χ1) is 6.06. The number of pyridine rings is 1. The minimum Gasteiger partial charge on any atom is -0.390 e. The third-order valence-corrected chi connectivity index (χ3v) is 1.50. The van der Waals surface area contributed by atoms with Crippen molar-refractivity contribution in [2.45, 2.75) is 13.0 Å². The van der Waals surface area contributed by atoms with Crippen molar-refractivity contribution in [3.05, 3.63) is 23.1 Å². The van der Waals surface area contributed by atoms with Crippen molar-refractivity contribution in [2.75, 3.05) is 5.73 Å². The molecule has 0 bridgehead atoms. The molecule has 1 rings (SSSR count). The largest absolute Gasteiger partial charge is 0.390 e. The highest BCUT2D eigenvalue weighted by molar-refractivity contribution is 5.36. The second-order valence-corrected chi connectivity index (χ2v) is 2.35. The van der Waals surface area contributed by atoms with Gasteiger partial charge >= 0.3 is 0 Å². The van der Waals surface area contributed by atoms with Gasteiger partial charge in [-0.3, -0.25) is 0 Å². The number of nitrogen functional groups attached to an aromatic ring is 1. The molecule has 0 aliphatic heterocycles. The van der Waals surface area contributed by atoms with Crippen molar-refractivity contribution in [1.29, 1.82) is 0 Å². The Morgan fingerprint density at radius 3 is 2.62 bits per heavy atom. The normalized spacial score (nSPS) is 10.8. The molecule has 0 atom stereocenters. The Hall–Kier alpha value is -1.30. The van der Waals surface area contributed by atoms with Crippen LogP contribution in [0.5, 0.6) is 0 Å². The Morgan fingerprint density at radius 2 is 2.15 bits per heavy atom. The Bertz CT molecular complexity index is 317. The first kappa shape index (κ1) is 9.79. The maximum absolute atomic E-state index is 12.7. The van der Waals surface area contributed by atoms with Crippen LogP contribution in [0.15, 0.2) is 6.07 Å². The molecule has 72 valence electrons. The quantitative estimate of drug-likeness (QED) is 0.740. The number of nitrogens with two attached hydrogens (primary N) is 1. The standard InChI is InChI=1S/C7H7F3N2O/c8-4-1-3(6(9)10)5(2-13)12-7(4)11/h1,6,13H,2H2,(H2,11,12). The van der Waals surface area contributed by atoms with E-state index in [-0.39, 0.29) is 5.69 Å². The van der Waals surface area contributed by atoms with Crippen LogP contribution < -0.4 is 5.73 Å². The number of rotatable bonds is 2. The van der Waals surface area contributed by atoms with E-state index in [1.54, 1.807) is 0 Å². The van der Waals surface area contributed by atoms with E-state index in [9.17, 15) is 13.2 Å². The van der Waals surface area contributed by atoms with Crippen LogP contribution in [0.4, 0.5) is 19.0 Å². The summed E-state index contributed by atoms with van der Waals surface area (Å²) in [6, 6.07) is 0.582. The van der Waals surface area contributed by atoms with Gasteiger partial charge in [0.15, 0.2) is 11.6 Å². The Morgan fingerprint density at radius 1 is 1.54 bits per heavy atom. The van der Waals surface area contributed by atoms with Gasteiger partial charge in [0.2, 0.25) is 0 Å². The summed E-state index contributed by atoms with van der Waals surface area (Å²) in [5, 5.41) is 8.61. The molecule has 0 aromatic carbocycles. The molecule has 0 radical (unpaired) electrons. The summed E-state index contributed by atoms with van der Waals surface area (Å²) in [4.78, 5) is 3.29. The van der Waals surface area contributed by atoms with Crippen molar-refractivity contribution < 1.29 is 18.3 Å². The molecule has 0 aliphatic carbocycles. The van der Waals surface area contributed by atoms with Crippen LogP contribution in [0, 0.1) is 5.82 Å². The number of hydrogen-bond donors (Lipinski definition) is 2. The number of aromatic nitrogens is 1. The van der Waals surface area contributed by atoms with Gasteiger partial charge in [-0.05, 0) is 6.07 Å². The lowest BCUT2D eigenvalue weighted by Crippen LogP contribution is -2.04. The van der Waals surface area contributed by atoms with Crippen LogP contribution in [0.25, 0.3) is 0 Å². The minimum atomic E-state index is -2.87. The number of aliphatic hydroxyl groups excluding tert-OH is 1. The summed E-state index contributed by atoms with van der Waals surface area (Å²) in [7, 11) is 0. The van der Waals surface area contributed by atoms with Crippen molar-refractivity contribution in [1.82, 2.24) is 4.98 Å². The zero-order chi connectivity index (χ0) is 10.0. The maximum Gasteiger partial charge on any atom is 0.265 e. The fourth-order valence-corrected chi connectivity index (χ4v) is 0.873. The smallest absolute Gasteiger partial charge is 0.265 e. The fourth-order valence-electron chi connectivity index (χ4n) is 0.873. The van der Waals surface area contributed by atoms with Gasteiger partial charge in [-0.1, -0.05) is 0 Å². The summed E-state index contributed by atoms with van der Waals surface area (Å²) >= 11 is 0. The summed E-state index contributed by atoms with van der Waals surface area (Å²) < 4.78 is 37.0. The Kier molecular flexibility index (Phi) is 2.72. The average Bonchev–Trinajstić information content (AvgIpc) is 2.08. The Labute approximate surface area is 72.0 Å². The predicted molar refractivity (Wildman–Crippen MR) is 39.5 cm³/mol.